The van der Waals surface area contributed by atoms with Crippen molar-refractivity contribution in [1.82, 2.24) is 4.90 Å². The highest BCUT2D eigenvalue weighted by Crippen LogP contribution is 2.36. The summed E-state index contributed by atoms with van der Waals surface area (Å²) in [4.78, 5) is 13.7. The fourth-order valence-electron chi connectivity index (χ4n) is 5.10. The highest BCUT2D eigenvalue weighted by molar-refractivity contribution is 5.71. The number of ether oxygens (including phenoxy) is 5. The number of carbonyl (C=O) groups excluding carboxylic acids is 1. The van der Waals surface area contributed by atoms with Gasteiger partial charge in [-0.3, -0.25) is 0 Å². The van der Waals surface area contributed by atoms with Crippen LogP contribution in [0.2, 0.25) is 0 Å². The molecule has 1 fully saturated rings. The molecule has 1 saturated heterocycles. The average molecular weight is 563 g/mol. The molecule has 2 aliphatic heterocycles. The van der Waals surface area contributed by atoms with E-state index < -0.39 is 0 Å². The van der Waals surface area contributed by atoms with E-state index >= 15 is 0 Å². The van der Waals surface area contributed by atoms with Crippen LogP contribution in [0, 0.1) is 18.3 Å². The standard InChI is InChI=1S/C34H30N2O6/c1-23-27(7-4-8-30(23)24-10-12-31-33(17-24)39-16-15-38-31)21-41-29-11-9-26(20-36-13-14-40-34(36)37)32(18-29)42-22-28-6-3-2-5-25(28)19-35/h2-12,17-18H,13-16,20-22H2,1H3. The van der Waals surface area contributed by atoms with Gasteiger partial charge in [-0.25, -0.2) is 4.79 Å². The van der Waals surface area contributed by atoms with E-state index in [2.05, 4.69) is 25.1 Å². The Hall–Kier alpha value is -5.16. The minimum atomic E-state index is -0.343. The number of nitrogens with zero attached hydrogens (tertiary/aromatic N) is 2. The van der Waals surface area contributed by atoms with Crippen molar-refractivity contribution in [2.75, 3.05) is 26.4 Å². The molecule has 42 heavy (non-hydrogen) atoms. The minimum Gasteiger partial charge on any atom is -0.489 e. The number of fused-ring (bicyclic) bond motifs is 1. The molecule has 0 atom stereocenters. The van der Waals surface area contributed by atoms with Crippen LogP contribution in [0.25, 0.3) is 11.1 Å². The van der Waals surface area contributed by atoms with Crippen LogP contribution < -0.4 is 18.9 Å². The van der Waals surface area contributed by atoms with Crippen molar-refractivity contribution in [3.05, 3.63) is 107 Å². The van der Waals surface area contributed by atoms with Crippen molar-refractivity contribution >= 4 is 6.09 Å². The van der Waals surface area contributed by atoms with E-state index in [1.807, 2.05) is 60.7 Å². The van der Waals surface area contributed by atoms with Crippen LogP contribution in [0.5, 0.6) is 23.0 Å². The van der Waals surface area contributed by atoms with Crippen molar-refractivity contribution in [1.29, 1.82) is 5.26 Å². The summed E-state index contributed by atoms with van der Waals surface area (Å²) in [6, 6.07) is 27.4. The summed E-state index contributed by atoms with van der Waals surface area (Å²) in [6.45, 7) is 5.00. The van der Waals surface area contributed by atoms with Crippen molar-refractivity contribution in [2.45, 2.75) is 26.7 Å². The number of carbonyl (C=O) groups is 1. The second-order valence-corrected chi connectivity index (χ2v) is 10.1. The summed E-state index contributed by atoms with van der Waals surface area (Å²) in [5.41, 5.74) is 6.48. The van der Waals surface area contributed by atoms with Crippen molar-refractivity contribution in [2.24, 2.45) is 0 Å². The third-order valence-electron chi connectivity index (χ3n) is 7.46. The summed E-state index contributed by atoms with van der Waals surface area (Å²) in [5.74, 6) is 2.74. The van der Waals surface area contributed by atoms with Crippen LogP contribution >= 0.6 is 0 Å². The molecule has 0 aromatic heterocycles. The molecule has 4 aromatic rings. The molecule has 0 saturated carbocycles. The highest BCUT2D eigenvalue weighted by atomic mass is 16.6. The van der Waals surface area contributed by atoms with E-state index in [4.69, 9.17) is 23.7 Å². The Morgan fingerprint density at radius 1 is 0.810 bits per heavy atom. The van der Waals surface area contributed by atoms with Crippen molar-refractivity contribution in [3.63, 3.8) is 0 Å². The van der Waals surface area contributed by atoms with Crippen LogP contribution in [0.15, 0.2) is 78.9 Å². The van der Waals surface area contributed by atoms with Gasteiger partial charge in [0.05, 0.1) is 24.7 Å². The Bertz CT molecular complexity index is 1660. The first-order valence-electron chi connectivity index (χ1n) is 13.9. The molecule has 0 bridgehead atoms. The average Bonchev–Trinajstić information content (AvgIpc) is 3.44. The quantitative estimate of drug-likeness (QED) is 0.233. The van der Waals surface area contributed by atoms with Gasteiger partial charge in [0.2, 0.25) is 0 Å². The zero-order chi connectivity index (χ0) is 28.9. The third kappa shape index (κ3) is 5.81. The lowest BCUT2D eigenvalue weighted by atomic mass is 9.96. The fraction of sp³-hybridized carbons (Fsp3) is 0.235. The fourth-order valence-corrected chi connectivity index (χ4v) is 5.10. The smallest absolute Gasteiger partial charge is 0.410 e. The number of amides is 1. The number of nitriles is 1. The molecule has 8 nitrogen and oxygen atoms in total. The first kappa shape index (κ1) is 27.0. The van der Waals surface area contributed by atoms with Gasteiger partial charge in [-0.15, -0.1) is 0 Å². The molecule has 8 heteroatoms. The Morgan fingerprint density at radius 3 is 2.45 bits per heavy atom. The SMILES string of the molecule is Cc1c(COc2ccc(CN3CCOC3=O)c(OCc3ccccc3C#N)c2)cccc1-c1ccc2c(c1)OCCO2. The van der Waals surface area contributed by atoms with Gasteiger partial charge >= 0.3 is 6.09 Å². The zero-order valence-electron chi connectivity index (χ0n) is 23.3. The zero-order valence-corrected chi connectivity index (χ0v) is 23.3. The van der Waals surface area contributed by atoms with Gasteiger partial charge < -0.3 is 28.6 Å². The van der Waals surface area contributed by atoms with Crippen molar-refractivity contribution in [3.8, 4) is 40.2 Å². The Balaban J connectivity index is 1.22. The number of cyclic esters (lactones) is 1. The van der Waals surface area contributed by atoms with E-state index in [-0.39, 0.29) is 12.7 Å². The molecule has 0 radical (unpaired) electrons. The second-order valence-electron chi connectivity index (χ2n) is 10.1. The second kappa shape index (κ2) is 12.1. The number of benzene rings is 4. The largest absolute Gasteiger partial charge is 0.489 e. The maximum Gasteiger partial charge on any atom is 0.410 e. The van der Waals surface area contributed by atoms with Crippen LogP contribution in [0.3, 0.4) is 0 Å². The van der Waals surface area contributed by atoms with Gasteiger partial charge in [-0.05, 0) is 59.5 Å². The molecule has 0 aliphatic carbocycles. The predicted octanol–water partition coefficient (Wildman–Crippen LogP) is 6.42. The summed E-state index contributed by atoms with van der Waals surface area (Å²) in [6.07, 6.45) is -0.343. The maximum atomic E-state index is 12.1. The van der Waals surface area contributed by atoms with Gasteiger partial charge in [0.1, 0.15) is 44.5 Å². The molecular formula is C34H30N2O6. The molecular weight excluding hydrogens is 532 g/mol. The minimum absolute atomic E-state index is 0.210. The molecule has 2 aliphatic rings. The number of hydrogen-bond acceptors (Lipinski definition) is 7. The molecule has 6 rings (SSSR count). The van der Waals surface area contributed by atoms with Crippen LogP contribution in [0.1, 0.15) is 27.8 Å². The Morgan fingerprint density at radius 2 is 1.62 bits per heavy atom. The lowest BCUT2D eigenvalue weighted by Crippen LogP contribution is -2.23. The number of hydrogen-bond donors (Lipinski definition) is 0. The van der Waals surface area contributed by atoms with E-state index in [0.29, 0.717) is 56.6 Å². The topological polar surface area (TPSA) is 90.2 Å². The maximum absolute atomic E-state index is 12.1. The molecule has 212 valence electrons. The first-order chi connectivity index (χ1) is 20.6. The van der Waals surface area contributed by atoms with Crippen LogP contribution in [0.4, 0.5) is 4.79 Å². The molecule has 2 heterocycles. The molecule has 0 N–H and O–H groups in total. The summed E-state index contributed by atoms with van der Waals surface area (Å²) in [5, 5.41) is 9.48. The Labute approximate surface area is 244 Å². The van der Waals surface area contributed by atoms with E-state index in [0.717, 1.165) is 44.9 Å². The first-order valence-corrected chi connectivity index (χ1v) is 13.9. The lowest BCUT2D eigenvalue weighted by molar-refractivity contribution is 0.157. The molecule has 0 spiro atoms. The summed E-state index contributed by atoms with van der Waals surface area (Å²) >= 11 is 0. The summed E-state index contributed by atoms with van der Waals surface area (Å²) in [7, 11) is 0. The molecule has 1 amide bonds. The normalized spacial score (nSPS) is 13.8. The lowest BCUT2D eigenvalue weighted by Gasteiger charge is -2.20. The van der Waals surface area contributed by atoms with Gasteiger partial charge in [0.15, 0.2) is 11.5 Å². The van der Waals surface area contributed by atoms with E-state index in [9.17, 15) is 10.1 Å². The number of rotatable bonds is 9. The Kier molecular flexibility index (Phi) is 7.82. The van der Waals surface area contributed by atoms with Gasteiger partial charge in [-0.2, -0.15) is 5.26 Å². The van der Waals surface area contributed by atoms with E-state index in [1.54, 1.807) is 11.0 Å². The monoisotopic (exact) mass is 562 g/mol. The van der Waals surface area contributed by atoms with Crippen molar-refractivity contribution < 1.29 is 28.5 Å². The predicted molar refractivity (Wildman–Crippen MR) is 156 cm³/mol. The van der Waals surface area contributed by atoms with Gasteiger partial charge in [0, 0.05) is 17.2 Å². The summed E-state index contributed by atoms with van der Waals surface area (Å²) < 4.78 is 29.0. The van der Waals surface area contributed by atoms with Gasteiger partial charge in [-0.1, -0.05) is 42.5 Å². The van der Waals surface area contributed by atoms with Gasteiger partial charge in [0.25, 0.3) is 0 Å². The van der Waals surface area contributed by atoms with E-state index in [1.165, 1.54) is 0 Å². The highest BCUT2D eigenvalue weighted by Gasteiger charge is 2.23. The van der Waals surface area contributed by atoms with Crippen LogP contribution in [-0.4, -0.2) is 37.4 Å². The third-order valence-corrected chi connectivity index (χ3v) is 7.46. The molecule has 0 unspecified atom stereocenters. The van der Waals surface area contributed by atoms with Crippen LogP contribution in [-0.2, 0) is 24.5 Å². The molecule has 4 aromatic carbocycles.